The van der Waals surface area contributed by atoms with Gasteiger partial charge in [0.2, 0.25) is 11.8 Å². The van der Waals surface area contributed by atoms with Crippen molar-refractivity contribution in [1.29, 1.82) is 0 Å². The number of hydrogen-bond donors (Lipinski definition) is 1. The molecule has 182 valence electrons. The number of benzene rings is 2. The highest BCUT2D eigenvalue weighted by Crippen LogP contribution is 2.42. The fourth-order valence-electron chi connectivity index (χ4n) is 4.47. The number of nitrogens with one attached hydrogen (secondary N) is 1. The van der Waals surface area contributed by atoms with Gasteiger partial charge in [0.1, 0.15) is 24.6 Å². The number of amides is 2. The Morgan fingerprint density at radius 1 is 1.11 bits per heavy atom. The van der Waals surface area contributed by atoms with E-state index in [1.165, 1.54) is 4.90 Å². The van der Waals surface area contributed by atoms with Crippen LogP contribution in [0.5, 0.6) is 0 Å². The zero-order chi connectivity index (χ0) is 24.5. The molecule has 0 spiro atoms. The summed E-state index contributed by atoms with van der Waals surface area (Å²) in [7, 11) is 0. The Morgan fingerprint density at radius 2 is 1.86 bits per heavy atom. The Kier molecular flexibility index (Phi) is 6.27. The molecule has 2 atom stereocenters. The number of halogens is 2. The molecule has 1 saturated heterocycles. The lowest BCUT2D eigenvalue weighted by Crippen LogP contribution is -2.46. The molecule has 2 heterocycles. The van der Waals surface area contributed by atoms with Gasteiger partial charge in [-0.2, -0.15) is 4.80 Å². The summed E-state index contributed by atoms with van der Waals surface area (Å²) in [6, 6.07) is 11.9. The van der Waals surface area contributed by atoms with Crippen molar-refractivity contribution in [3.63, 3.8) is 0 Å². The van der Waals surface area contributed by atoms with E-state index in [9.17, 15) is 18.4 Å². The van der Waals surface area contributed by atoms with Gasteiger partial charge in [0, 0.05) is 13.0 Å². The van der Waals surface area contributed by atoms with Gasteiger partial charge < -0.3 is 10.2 Å². The number of nitrogens with zero attached hydrogens (tertiary/aromatic N) is 5. The zero-order valence-electron chi connectivity index (χ0n) is 19.3. The maximum Gasteiger partial charge on any atom is 0.247 e. The third-order valence-electron chi connectivity index (χ3n) is 6.47. The molecule has 0 radical (unpaired) electrons. The molecule has 2 aromatic carbocycles. The Labute approximate surface area is 201 Å². The number of alkyl halides is 1. The first-order valence-corrected chi connectivity index (χ1v) is 11.7. The van der Waals surface area contributed by atoms with Crippen molar-refractivity contribution < 1.29 is 18.4 Å². The first-order valence-electron chi connectivity index (χ1n) is 11.7. The maximum absolute atomic E-state index is 14.4. The summed E-state index contributed by atoms with van der Waals surface area (Å²) in [6.07, 6.45) is 0.775. The monoisotopic (exact) mass is 480 g/mol. The maximum atomic E-state index is 14.4. The minimum Gasteiger partial charge on any atom is -0.350 e. The van der Waals surface area contributed by atoms with E-state index in [0.29, 0.717) is 11.7 Å². The minimum atomic E-state index is -1.27. The van der Waals surface area contributed by atoms with Crippen LogP contribution in [-0.4, -0.2) is 55.7 Å². The third kappa shape index (κ3) is 5.21. The number of aromatic nitrogens is 4. The predicted octanol–water partition coefficient (Wildman–Crippen LogP) is 2.92. The van der Waals surface area contributed by atoms with Crippen LogP contribution in [0.2, 0.25) is 0 Å². The smallest absolute Gasteiger partial charge is 0.247 e. The minimum absolute atomic E-state index is 0.0528. The summed E-state index contributed by atoms with van der Waals surface area (Å²) in [5.41, 5.74) is 3.31. The Morgan fingerprint density at radius 3 is 2.51 bits per heavy atom. The van der Waals surface area contributed by atoms with E-state index in [2.05, 4.69) is 20.7 Å². The average Bonchev–Trinajstić information content (AvgIpc) is 3.49. The van der Waals surface area contributed by atoms with E-state index in [1.807, 2.05) is 36.4 Å². The molecule has 2 amide bonds. The number of hydrogen-bond acceptors (Lipinski definition) is 5. The van der Waals surface area contributed by atoms with Gasteiger partial charge in [0.15, 0.2) is 5.82 Å². The molecule has 1 N–H and O–H groups in total. The molecule has 10 heteroatoms. The van der Waals surface area contributed by atoms with Crippen LogP contribution in [0.1, 0.15) is 42.1 Å². The second-order valence-electron chi connectivity index (χ2n) is 9.19. The van der Waals surface area contributed by atoms with Crippen LogP contribution in [0.15, 0.2) is 42.5 Å². The molecule has 1 saturated carbocycles. The van der Waals surface area contributed by atoms with Crippen molar-refractivity contribution in [3.05, 3.63) is 65.2 Å². The van der Waals surface area contributed by atoms with E-state index < -0.39 is 24.0 Å². The van der Waals surface area contributed by atoms with Crippen LogP contribution in [0.25, 0.3) is 11.1 Å². The Hall–Kier alpha value is -3.69. The van der Waals surface area contributed by atoms with Gasteiger partial charge in [-0.05, 0) is 59.2 Å². The number of carbonyl (C=O) groups excluding carboxylic acids is 2. The summed E-state index contributed by atoms with van der Waals surface area (Å²) in [5, 5.41) is 14.2. The van der Waals surface area contributed by atoms with Crippen molar-refractivity contribution in [2.24, 2.45) is 0 Å². The number of likely N-dealkylation sites (tertiary alicyclic amines) is 1. The molecule has 2 aliphatic rings. The van der Waals surface area contributed by atoms with E-state index in [-0.39, 0.29) is 31.9 Å². The SMILES string of the molecule is Cc1nnn(CC(=O)N2CC(F)CC2C(=O)NCc2ccc(-c3ccc(C4CC4)c(F)c3)cc2)n1. The molecule has 2 unspecified atom stereocenters. The van der Waals surface area contributed by atoms with Crippen LogP contribution in [0.4, 0.5) is 8.78 Å². The summed E-state index contributed by atoms with van der Waals surface area (Å²) in [6.45, 7) is 1.52. The molecule has 35 heavy (non-hydrogen) atoms. The van der Waals surface area contributed by atoms with Gasteiger partial charge in [0.25, 0.3) is 0 Å². The van der Waals surface area contributed by atoms with Crippen molar-refractivity contribution in [3.8, 4) is 11.1 Å². The predicted molar refractivity (Wildman–Crippen MR) is 123 cm³/mol. The molecule has 8 nitrogen and oxygen atoms in total. The highest BCUT2D eigenvalue weighted by Gasteiger charge is 2.39. The molecular formula is C25H26F2N6O2. The standard InChI is InChI=1S/C25H26F2N6O2/c1-15-29-31-33(30-15)14-24(34)32-13-20(26)11-23(32)25(35)28-12-16-2-4-17(5-3-16)19-8-9-21(18-6-7-18)22(27)10-19/h2-5,8-10,18,20,23H,6-7,11-14H2,1H3,(H,28,35). The first kappa shape index (κ1) is 23.1. The summed E-state index contributed by atoms with van der Waals surface area (Å²) < 4.78 is 28.5. The lowest BCUT2D eigenvalue weighted by Gasteiger charge is -2.23. The fourth-order valence-corrected chi connectivity index (χ4v) is 4.47. The Bertz CT molecular complexity index is 1240. The number of carbonyl (C=O) groups is 2. The van der Waals surface area contributed by atoms with Gasteiger partial charge >= 0.3 is 0 Å². The van der Waals surface area contributed by atoms with Crippen LogP contribution < -0.4 is 5.32 Å². The summed E-state index contributed by atoms with van der Waals surface area (Å²) >= 11 is 0. The molecule has 3 aromatic rings. The zero-order valence-corrected chi connectivity index (χ0v) is 19.3. The highest BCUT2D eigenvalue weighted by atomic mass is 19.1. The molecule has 1 aliphatic carbocycles. The summed E-state index contributed by atoms with van der Waals surface area (Å²) in [5.74, 6) is -0.242. The molecule has 1 aliphatic heterocycles. The van der Waals surface area contributed by atoms with Crippen molar-refractivity contribution in [2.75, 3.05) is 6.54 Å². The highest BCUT2D eigenvalue weighted by molar-refractivity contribution is 5.88. The van der Waals surface area contributed by atoms with E-state index in [4.69, 9.17) is 0 Å². The largest absolute Gasteiger partial charge is 0.350 e. The average molecular weight is 481 g/mol. The van der Waals surface area contributed by atoms with E-state index in [0.717, 1.165) is 39.9 Å². The van der Waals surface area contributed by atoms with Gasteiger partial charge in [-0.25, -0.2) is 8.78 Å². The van der Waals surface area contributed by atoms with Gasteiger partial charge in [-0.1, -0.05) is 36.4 Å². The van der Waals surface area contributed by atoms with Crippen LogP contribution in [0.3, 0.4) is 0 Å². The molecular weight excluding hydrogens is 454 g/mol. The van der Waals surface area contributed by atoms with Crippen molar-refractivity contribution >= 4 is 11.8 Å². The second-order valence-corrected chi connectivity index (χ2v) is 9.19. The lowest BCUT2D eigenvalue weighted by molar-refractivity contribution is -0.139. The number of aryl methyl sites for hydroxylation is 1. The van der Waals surface area contributed by atoms with E-state index in [1.54, 1.807) is 13.0 Å². The quantitative estimate of drug-likeness (QED) is 0.561. The summed E-state index contributed by atoms with van der Waals surface area (Å²) in [4.78, 5) is 27.8. The second kappa shape index (κ2) is 9.52. The van der Waals surface area contributed by atoms with Gasteiger partial charge in [-0.3, -0.25) is 9.59 Å². The van der Waals surface area contributed by atoms with Crippen molar-refractivity contribution in [2.45, 2.75) is 57.4 Å². The topological polar surface area (TPSA) is 93.0 Å². The third-order valence-corrected chi connectivity index (χ3v) is 6.47. The van der Waals surface area contributed by atoms with Gasteiger partial charge in [0.05, 0.1) is 6.54 Å². The van der Waals surface area contributed by atoms with E-state index >= 15 is 0 Å². The number of rotatable bonds is 7. The normalized spacial score (nSPS) is 19.7. The van der Waals surface area contributed by atoms with Gasteiger partial charge in [-0.15, -0.1) is 10.2 Å². The molecule has 1 aromatic heterocycles. The van der Waals surface area contributed by atoms with Crippen LogP contribution >= 0.6 is 0 Å². The lowest BCUT2D eigenvalue weighted by atomic mass is 10.0. The first-order chi connectivity index (χ1) is 16.9. The Balaban J connectivity index is 1.19. The molecule has 5 rings (SSSR count). The van der Waals surface area contributed by atoms with Crippen molar-refractivity contribution in [1.82, 2.24) is 30.4 Å². The fraction of sp³-hybridized carbons (Fsp3) is 0.400. The van der Waals surface area contributed by atoms with Crippen LogP contribution in [-0.2, 0) is 22.7 Å². The van der Waals surface area contributed by atoms with Crippen LogP contribution in [0, 0.1) is 12.7 Å². The number of tetrazole rings is 1. The molecule has 2 fully saturated rings. The molecule has 0 bridgehead atoms.